The van der Waals surface area contributed by atoms with Gasteiger partial charge in [-0.15, -0.1) is 0 Å². The molecule has 98 valence electrons. The van der Waals surface area contributed by atoms with Crippen molar-refractivity contribution in [2.75, 3.05) is 0 Å². The lowest BCUT2D eigenvalue weighted by Crippen LogP contribution is -2.36. The molecule has 2 N–H and O–H groups in total. The third-order valence-electron chi connectivity index (χ3n) is 3.95. The molecule has 0 saturated carbocycles. The van der Waals surface area contributed by atoms with E-state index in [0.29, 0.717) is 6.42 Å². The van der Waals surface area contributed by atoms with Gasteiger partial charge in [0.2, 0.25) is 0 Å². The maximum Gasteiger partial charge on any atom is 0.310 e. The van der Waals surface area contributed by atoms with Gasteiger partial charge in [0.05, 0.1) is 5.92 Å². The zero-order valence-electron chi connectivity index (χ0n) is 11.1. The molecule has 1 aromatic rings. The fourth-order valence-corrected chi connectivity index (χ4v) is 2.52. The molecule has 0 aliphatic carbocycles. The third-order valence-corrected chi connectivity index (χ3v) is 3.95. The van der Waals surface area contributed by atoms with Crippen LogP contribution in [0.2, 0.25) is 0 Å². The fraction of sp³-hybridized carbons (Fsp3) is 0.500. The standard InChI is InChI=1S/C14H18O4/c1-6-7(2)13-10(8(3)12(6)15)5-11(14(16)17)9(4)18-13/h9,11,15H,5H2,1-4H3,(H,16,17). The summed E-state index contributed by atoms with van der Waals surface area (Å²) >= 11 is 0. The largest absolute Gasteiger partial charge is 0.507 e. The summed E-state index contributed by atoms with van der Waals surface area (Å²) in [5.41, 5.74) is 3.24. The van der Waals surface area contributed by atoms with Gasteiger partial charge in [-0.05, 0) is 50.8 Å². The number of rotatable bonds is 1. The number of hydrogen-bond acceptors (Lipinski definition) is 3. The highest BCUT2D eigenvalue weighted by molar-refractivity contribution is 5.73. The van der Waals surface area contributed by atoms with Crippen molar-refractivity contribution in [1.82, 2.24) is 0 Å². The van der Waals surface area contributed by atoms with Crippen LogP contribution in [0.4, 0.5) is 0 Å². The summed E-state index contributed by atoms with van der Waals surface area (Å²) in [6.07, 6.45) is 0.0591. The van der Waals surface area contributed by atoms with E-state index < -0.39 is 11.9 Å². The SMILES string of the molecule is Cc1c(C)c2c(c(C)c1O)CC(C(=O)O)C(C)O2. The summed E-state index contributed by atoms with van der Waals surface area (Å²) < 4.78 is 5.76. The normalized spacial score (nSPS) is 22.2. The minimum atomic E-state index is -0.856. The Morgan fingerprint density at radius 1 is 1.22 bits per heavy atom. The Bertz CT molecular complexity index is 519. The second kappa shape index (κ2) is 4.19. The second-order valence-electron chi connectivity index (χ2n) is 5.00. The summed E-state index contributed by atoms with van der Waals surface area (Å²) in [4.78, 5) is 11.2. The summed E-state index contributed by atoms with van der Waals surface area (Å²) in [6, 6.07) is 0. The Hall–Kier alpha value is -1.71. The van der Waals surface area contributed by atoms with Gasteiger partial charge in [-0.25, -0.2) is 0 Å². The van der Waals surface area contributed by atoms with Crippen molar-refractivity contribution in [3.05, 3.63) is 22.3 Å². The van der Waals surface area contributed by atoms with Gasteiger partial charge in [0.25, 0.3) is 0 Å². The molecule has 1 aromatic carbocycles. The maximum atomic E-state index is 11.2. The minimum Gasteiger partial charge on any atom is -0.507 e. The number of phenols is 1. The van der Waals surface area contributed by atoms with Gasteiger partial charge < -0.3 is 14.9 Å². The Morgan fingerprint density at radius 2 is 1.83 bits per heavy atom. The highest BCUT2D eigenvalue weighted by atomic mass is 16.5. The molecule has 2 atom stereocenters. The monoisotopic (exact) mass is 250 g/mol. The highest BCUT2D eigenvalue weighted by Crippen LogP contribution is 2.42. The zero-order valence-corrected chi connectivity index (χ0v) is 11.1. The Balaban J connectivity index is 2.59. The number of fused-ring (bicyclic) bond motifs is 1. The van der Waals surface area contributed by atoms with Gasteiger partial charge >= 0.3 is 5.97 Å². The number of benzene rings is 1. The van der Waals surface area contributed by atoms with Crippen LogP contribution in [-0.4, -0.2) is 22.3 Å². The first-order valence-corrected chi connectivity index (χ1v) is 6.05. The number of aliphatic carboxylic acids is 1. The van der Waals surface area contributed by atoms with Crippen LogP contribution in [0.1, 0.15) is 29.2 Å². The molecule has 1 aliphatic heterocycles. The van der Waals surface area contributed by atoms with Gasteiger partial charge in [-0.1, -0.05) is 0 Å². The predicted octanol–water partition coefficient (Wildman–Crippen LogP) is 2.34. The molecule has 4 nitrogen and oxygen atoms in total. The molecule has 18 heavy (non-hydrogen) atoms. The predicted molar refractivity (Wildman–Crippen MR) is 67.2 cm³/mol. The molecule has 0 fully saturated rings. The van der Waals surface area contributed by atoms with E-state index in [-0.39, 0.29) is 11.9 Å². The maximum absolute atomic E-state index is 11.2. The van der Waals surface area contributed by atoms with E-state index in [2.05, 4.69) is 0 Å². The van der Waals surface area contributed by atoms with E-state index in [0.717, 1.165) is 28.0 Å². The first-order valence-electron chi connectivity index (χ1n) is 6.05. The van der Waals surface area contributed by atoms with E-state index in [1.165, 1.54) is 0 Å². The number of carboxylic acid groups (broad SMARTS) is 1. The lowest BCUT2D eigenvalue weighted by Gasteiger charge is -2.32. The molecular weight excluding hydrogens is 232 g/mol. The third kappa shape index (κ3) is 1.72. The van der Waals surface area contributed by atoms with Crippen LogP contribution in [0.15, 0.2) is 0 Å². The zero-order chi connectivity index (χ0) is 13.6. The van der Waals surface area contributed by atoms with Crippen LogP contribution in [-0.2, 0) is 11.2 Å². The van der Waals surface area contributed by atoms with Crippen LogP contribution >= 0.6 is 0 Å². The van der Waals surface area contributed by atoms with Crippen LogP contribution < -0.4 is 4.74 Å². The lowest BCUT2D eigenvalue weighted by atomic mass is 9.86. The van der Waals surface area contributed by atoms with Gasteiger partial charge in [-0.3, -0.25) is 4.79 Å². The van der Waals surface area contributed by atoms with Gasteiger partial charge in [-0.2, -0.15) is 0 Å². The fourth-order valence-electron chi connectivity index (χ4n) is 2.52. The molecular formula is C14H18O4. The molecule has 0 aromatic heterocycles. The van der Waals surface area contributed by atoms with Crippen molar-refractivity contribution in [1.29, 1.82) is 0 Å². The summed E-state index contributed by atoms with van der Waals surface area (Å²) in [6.45, 7) is 7.31. The average molecular weight is 250 g/mol. The van der Waals surface area contributed by atoms with Crippen molar-refractivity contribution in [2.45, 2.75) is 40.2 Å². The van der Waals surface area contributed by atoms with Crippen molar-refractivity contribution in [3.63, 3.8) is 0 Å². The van der Waals surface area contributed by atoms with Crippen molar-refractivity contribution >= 4 is 5.97 Å². The minimum absolute atomic E-state index is 0.244. The van der Waals surface area contributed by atoms with Crippen LogP contribution in [0.5, 0.6) is 11.5 Å². The average Bonchev–Trinajstić information content (AvgIpc) is 2.33. The van der Waals surface area contributed by atoms with E-state index in [9.17, 15) is 15.0 Å². The van der Waals surface area contributed by atoms with Crippen molar-refractivity contribution in [2.24, 2.45) is 5.92 Å². The molecule has 1 aliphatic rings. The van der Waals surface area contributed by atoms with E-state index in [1.54, 1.807) is 13.8 Å². The van der Waals surface area contributed by atoms with Gasteiger partial charge in [0.1, 0.15) is 17.6 Å². The Labute approximate surface area is 106 Å². The number of ether oxygens (including phenoxy) is 1. The molecule has 0 amide bonds. The molecule has 0 spiro atoms. The number of carbonyl (C=O) groups is 1. The first kappa shape index (κ1) is 12.7. The van der Waals surface area contributed by atoms with Crippen molar-refractivity contribution in [3.8, 4) is 11.5 Å². The summed E-state index contributed by atoms with van der Waals surface area (Å²) in [5.74, 6) is -0.427. The lowest BCUT2D eigenvalue weighted by molar-refractivity contribution is -0.145. The Kier molecular flexibility index (Phi) is 2.97. The molecule has 2 unspecified atom stereocenters. The first-order chi connectivity index (χ1) is 8.34. The number of carboxylic acids is 1. The number of phenolic OH excluding ortho intramolecular Hbond substituents is 1. The van der Waals surface area contributed by atoms with Gasteiger partial charge in [0, 0.05) is 5.56 Å². The second-order valence-corrected chi connectivity index (χ2v) is 5.00. The highest BCUT2D eigenvalue weighted by Gasteiger charge is 2.35. The topological polar surface area (TPSA) is 66.8 Å². The Morgan fingerprint density at radius 3 is 2.39 bits per heavy atom. The quantitative estimate of drug-likeness (QED) is 0.802. The molecule has 0 bridgehead atoms. The molecule has 1 heterocycles. The van der Waals surface area contributed by atoms with Gasteiger partial charge in [0.15, 0.2) is 0 Å². The van der Waals surface area contributed by atoms with E-state index >= 15 is 0 Å². The number of hydrogen-bond donors (Lipinski definition) is 2. The van der Waals surface area contributed by atoms with Crippen LogP contribution in [0.25, 0.3) is 0 Å². The molecule has 2 rings (SSSR count). The van der Waals surface area contributed by atoms with Crippen LogP contribution in [0, 0.1) is 26.7 Å². The molecule has 4 heteroatoms. The van der Waals surface area contributed by atoms with Crippen LogP contribution in [0.3, 0.4) is 0 Å². The van der Waals surface area contributed by atoms with Crippen molar-refractivity contribution < 1.29 is 19.7 Å². The van der Waals surface area contributed by atoms with E-state index in [4.69, 9.17) is 4.74 Å². The summed E-state index contributed by atoms with van der Waals surface area (Å²) in [5, 5.41) is 19.2. The summed E-state index contributed by atoms with van der Waals surface area (Å²) in [7, 11) is 0. The molecule has 0 radical (unpaired) electrons. The molecule has 0 saturated heterocycles. The number of aromatic hydroxyl groups is 1. The smallest absolute Gasteiger partial charge is 0.310 e. The van der Waals surface area contributed by atoms with E-state index in [1.807, 2.05) is 13.8 Å².